The highest BCUT2D eigenvalue weighted by Gasteiger charge is 2.06. The zero-order valence-electron chi connectivity index (χ0n) is 12.0. The molecule has 1 aromatic carbocycles. The van der Waals surface area contributed by atoms with Gasteiger partial charge in [0.1, 0.15) is 5.75 Å². The van der Waals surface area contributed by atoms with E-state index in [-0.39, 0.29) is 11.0 Å². The standard InChI is InChI=1S/C16H16N2O2S2/c1-2-20-14-8-4-3-7-13(14)17-16(21)18-15(19)10-9-12-6-5-11-22-12/h3-11H,2H2,1H3,(H2,17,18,19,21)/b10-9+. The summed E-state index contributed by atoms with van der Waals surface area (Å²) in [5.74, 6) is 0.413. The van der Waals surface area contributed by atoms with Crippen LogP contribution in [0.5, 0.6) is 5.75 Å². The van der Waals surface area contributed by atoms with Crippen LogP contribution in [0.25, 0.3) is 6.08 Å². The number of para-hydroxylation sites is 2. The molecular weight excluding hydrogens is 316 g/mol. The van der Waals surface area contributed by atoms with Gasteiger partial charge in [0.25, 0.3) is 0 Å². The second kappa shape index (κ2) is 8.31. The van der Waals surface area contributed by atoms with Gasteiger partial charge in [-0.15, -0.1) is 11.3 Å². The van der Waals surface area contributed by atoms with Gasteiger partial charge in [-0.25, -0.2) is 0 Å². The van der Waals surface area contributed by atoms with Crippen LogP contribution in [0, 0.1) is 0 Å². The van der Waals surface area contributed by atoms with Crippen LogP contribution in [-0.4, -0.2) is 17.6 Å². The van der Waals surface area contributed by atoms with Gasteiger partial charge in [-0.05, 0) is 48.8 Å². The topological polar surface area (TPSA) is 50.4 Å². The fraction of sp³-hybridized carbons (Fsp3) is 0.125. The molecule has 0 aliphatic heterocycles. The highest BCUT2D eigenvalue weighted by atomic mass is 32.1. The van der Waals surface area contributed by atoms with Crippen molar-refractivity contribution < 1.29 is 9.53 Å². The normalized spacial score (nSPS) is 10.4. The maximum absolute atomic E-state index is 11.8. The molecule has 0 spiro atoms. The fourth-order valence-corrected chi connectivity index (χ4v) is 2.53. The predicted octanol–water partition coefficient (Wildman–Crippen LogP) is 3.67. The number of hydrogen-bond acceptors (Lipinski definition) is 4. The van der Waals surface area contributed by atoms with Gasteiger partial charge in [0.15, 0.2) is 5.11 Å². The number of nitrogens with one attached hydrogen (secondary N) is 2. The molecule has 4 nitrogen and oxygen atoms in total. The summed E-state index contributed by atoms with van der Waals surface area (Å²) in [5.41, 5.74) is 0.719. The summed E-state index contributed by atoms with van der Waals surface area (Å²) in [4.78, 5) is 12.8. The van der Waals surface area contributed by atoms with Gasteiger partial charge in [0.2, 0.25) is 5.91 Å². The Morgan fingerprint density at radius 2 is 2.14 bits per heavy atom. The molecule has 2 rings (SSSR count). The molecule has 2 N–H and O–H groups in total. The average molecular weight is 332 g/mol. The zero-order valence-corrected chi connectivity index (χ0v) is 13.7. The Morgan fingerprint density at radius 1 is 1.32 bits per heavy atom. The number of ether oxygens (including phenoxy) is 1. The summed E-state index contributed by atoms with van der Waals surface area (Å²) in [7, 11) is 0. The molecule has 0 aliphatic carbocycles. The van der Waals surface area contributed by atoms with E-state index in [4.69, 9.17) is 17.0 Å². The Hall–Kier alpha value is -2.18. The Labute approximate surface area is 138 Å². The molecule has 6 heteroatoms. The number of rotatable bonds is 5. The lowest BCUT2D eigenvalue weighted by atomic mass is 10.3. The SMILES string of the molecule is CCOc1ccccc1NC(=S)NC(=O)/C=C/c1cccs1. The van der Waals surface area contributed by atoms with Gasteiger partial charge < -0.3 is 10.1 Å². The second-order valence-electron chi connectivity index (χ2n) is 4.22. The number of benzene rings is 1. The molecule has 0 atom stereocenters. The number of carbonyl (C=O) groups excluding carboxylic acids is 1. The molecule has 1 aromatic heterocycles. The number of amides is 1. The van der Waals surface area contributed by atoms with Crippen molar-refractivity contribution in [1.29, 1.82) is 0 Å². The molecule has 22 heavy (non-hydrogen) atoms. The van der Waals surface area contributed by atoms with Crippen molar-refractivity contribution in [3.05, 3.63) is 52.7 Å². The van der Waals surface area contributed by atoms with Crippen molar-refractivity contribution in [3.8, 4) is 5.75 Å². The van der Waals surface area contributed by atoms with Crippen molar-refractivity contribution in [2.45, 2.75) is 6.92 Å². The molecular formula is C16H16N2O2S2. The Morgan fingerprint density at radius 3 is 2.86 bits per heavy atom. The third-order valence-corrected chi connectivity index (χ3v) is 3.66. The highest BCUT2D eigenvalue weighted by Crippen LogP contribution is 2.23. The molecule has 0 saturated heterocycles. The van der Waals surface area contributed by atoms with Crippen LogP contribution in [0.15, 0.2) is 47.9 Å². The van der Waals surface area contributed by atoms with Crippen LogP contribution < -0.4 is 15.4 Å². The second-order valence-corrected chi connectivity index (χ2v) is 5.61. The summed E-state index contributed by atoms with van der Waals surface area (Å²) in [5, 5.41) is 7.75. The maximum atomic E-state index is 11.8. The Balaban J connectivity index is 1.91. The van der Waals surface area contributed by atoms with Crippen LogP contribution in [0.4, 0.5) is 5.69 Å². The average Bonchev–Trinajstić information content (AvgIpc) is 3.01. The van der Waals surface area contributed by atoms with E-state index >= 15 is 0 Å². The number of carbonyl (C=O) groups is 1. The summed E-state index contributed by atoms with van der Waals surface area (Å²) >= 11 is 6.70. The predicted molar refractivity (Wildman–Crippen MR) is 95.3 cm³/mol. The molecule has 0 radical (unpaired) electrons. The molecule has 0 unspecified atom stereocenters. The van der Waals surface area contributed by atoms with Crippen LogP contribution in [0.3, 0.4) is 0 Å². The van der Waals surface area contributed by atoms with Gasteiger partial charge in [-0.2, -0.15) is 0 Å². The van der Waals surface area contributed by atoms with E-state index in [0.717, 1.165) is 10.6 Å². The minimum atomic E-state index is -0.278. The van der Waals surface area contributed by atoms with Crippen molar-refractivity contribution in [1.82, 2.24) is 5.32 Å². The van der Waals surface area contributed by atoms with Crippen molar-refractivity contribution in [2.75, 3.05) is 11.9 Å². The van der Waals surface area contributed by atoms with Crippen LogP contribution in [0.1, 0.15) is 11.8 Å². The monoisotopic (exact) mass is 332 g/mol. The number of thiophene rings is 1. The smallest absolute Gasteiger partial charge is 0.250 e. The molecule has 2 aromatic rings. The Kier molecular flexibility index (Phi) is 6.12. The first-order valence-corrected chi connectivity index (χ1v) is 8.03. The van der Waals surface area contributed by atoms with Gasteiger partial charge in [0, 0.05) is 11.0 Å². The zero-order chi connectivity index (χ0) is 15.8. The lowest BCUT2D eigenvalue weighted by Crippen LogP contribution is -2.32. The molecule has 0 saturated carbocycles. The van der Waals surface area contributed by atoms with E-state index in [0.29, 0.717) is 12.4 Å². The van der Waals surface area contributed by atoms with Crippen LogP contribution in [0.2, 0.25) is 0 Å². The maximum Gasteiger partial charge on any atom is 0.250 e. The number of hydrogen-bond donors (Lipinski definition) is 2. The van der Waals surface area contributed by atoms with Crippen LogP contribution in [-0.2, 0) is 4.79 Å². The lowest BCUT2D eigenvalue weighted by molar-refractivity contribution is -0.115. The number of anilines is 1. The molecule has 0 bridgehead atoms. The summed E-state index contributed by atoms with van der Waals surface area (Å²) in [6.45, 7) is 2.47. The first-order chi connectivity index (χ1) is 10.7. The highest BCUT2D eigenvalue weighted by molar-refractivity contribution is 7.80. The van der Waals surface area contributed by atoms with Gasteiger partial charge >= 0.3 is 0 Å². The van der Waals surface area contributed by atoms with E-state index in [2.05, 4.69) is 10.6 Å². The minimum Gasteiger partial charge on any atom is -0.492 e. The van der Waals surface area contributed by atoms with Crippen molar-refractivity contribution in [3.63, 3.8) is 0 Å². The van der Waals surface area contributed by atoms with Gasteiger partial charge in [-0.1, -0.05) is 18.2 Å². The summed E-state index contributed by atoms with van der Waals surface area (Å²) in [6.07, 6.45) is 3.20. The third kappa shape index (κ3) is 4.98. The van der Waals surface area contributed by atoms with E-state index in [9.17, 15) is 4.79 Å². The van der Waals surface area contributed by atoms with E-state index in [1.54, 1.807) is 17.4 Å². The molecule has 0 fully saturated rings. The molecule has 1 amide bonds. The van der Waals surface area contributed by atoms with E-state index in [1.807, 2.05) is 48.7 Å². The lowest BCUT2D eigenvalue weighted by Gasteiger charge is -2.12. The van der Waals surface area contributed by atoms with Gasteiger partial charge in [-0.3, -0.25) is 10.1 Å². The summed E-state index contributed by atoms with van der Waals surface area (Å²) in [6, 6.07) is 11.3. The van der Waals surface area contributed by atoms with Gasteiger partial charge in [0.05, 0.1) is 12.3 Å². The molecule has 1 heterocycles. The van der Waals surface area contributed by atoms with Crippen molar-refractivity contribution in [2.24, 2.45) is 0 Å². The molecule has 0 aliphatic rings. The van der Waals surface area contributed by atoms with E-state index < -0.39 is 0 Å². The number of thiocarbonyl (C=S) groups is 1. The minimum absolute atomic E-state index is 0.230. The van der Waals surface area contributed by atoms with Crippen LogP contribution >= 0.6 is 23.6 Å². The largest absolute Gasteiger partial charge is 0.492 e. The first kappa shape index (κ1) is 16.2. The first-order valence-electron chi connectivity index (χ1n) is 6.74. The quantitative estimate of drug-likeness (QED) is 0.648. The molecule has 114 valence electrons. The summed E-state index contributed by atoms with van der Waals surface area (Å²) < 4.78 is 5.49. The van der Waals surface area contributed by atoms with Crippen molar-refractivity contribution >= 4 is 46.3 Å². The third-order valence-electron chi connectivity index (χ3n) is 2.61. The Bertz CT molecular complexity index is 667. The van der Waals surface area contributed by atoms with E-state index in [1.165, 1.54) is 6.08 Å². The fourth-order valence-electron chi connectivity index (χ4n) is 1.70.